The first-order valence-corrected chi connectivity index (χ1v) is 21.0. The number of aryl methyl sites for hydroxylation is 1. The molecule has 59 heavy (non-hydrogen) atoms. The summed E-state index contributed by atoms with van der Waals surface area (Å²) < 4.78 is 69.6. The van der Waals surface area contributed by atoms with E-state index in [2.05, 4.69) is 26.0 Å². The monoisotopic (exact) mass is 848 g/mol. The van der Waals surface area contributed by atoms with Gasteiger partial charge in [0, 0.05) is 68.2 Å². The second-order valence-corrected chi connectivity index (χ2v) is 15.7. The van der Waals surface area contributed by atoms with Crippen molar-refractivity contribution < 1.29 is 49.4 Å². The second-order valence-electron chi connectivity index (χ2n) is 13.8. The van der Waals surface area contributed by atoms with Crippen LogP contribution in [0.1, 0.15) is 47.2 Å². The van der Waals surface area contributed by atoms with Crippen molar-refractivity contribution in [3.05, 3.63) is 99.6 Å². The zero-order chi connectivity index (χ0) is 42.3. The van der Waals surface area contributed by atoms with E-state index >= 15 is 0 Å². The van der Waals surface area contributed by atoms with E-state index in [9.17, 15) is 32.7 Å². The first-order chi connectivity index (χ1) is 28.2. The summed E-state index contributed by atoms with van der Waals surface area (Å²) in [6, 6.07) is 19.7. The SMILES string of the molecule is Cc1ccc(NCCCOCCCNC(=O)C2CCN(c3cc(Nc4ccc(S(=O)(=O)O)cc4)c4c5c(onc35)-c3ccccc3C4=O)CC2)c([N+](=O)[O-])c1.O=S(=O)=O. The molecule has 2 heterocycles. The van der Waals surface area contributed by atoms with Gasteiger partial charge in [0.2, 0.25) is 5.91 Å². The van der Waals surface area contributed by atoms with Crippen molar-refractivity contribution in [2.75, 3.05) is 54.9 Å². The normalized spacial score (nSPS) is 13.6. The van der Waals surface area contributed by atoms with E-state index in [0.717, 1.165) is 11.3 Å². The van der Waals surface area contributed by atoms with Crippen molar-refractivity contribution in [1.82, 2.24) is 10.5 Å². The van der Waals surface area contributed by atoms with Crippen LogP contribution in [0, 0.1) is 23.0 Å². The number of hydrogen-bond donors (Lipinski definition) is 4. The molecule has 1 aromatic heterocycles. The van der Waals surface area contributed by atoms with E-state index in [0.29, 0.717) is 115 Å². The number of hydrogen-bond acceptors (Lipinski definition) is 15. The minimum Gasteiger partial charge on any atom is -0.381 e. The van der Waals surface area contributed by atoms with Crippen LogP contribution in [0.5, 0.6) is 0 Å². The van der Waals surface area contributed by atoms with Crippen molar-refractivity contribution in [2.45, 2.75) is 37.5 Å². The van der Waals surface area contributed by atoms with Crippen LogP contribution < -0.4 is 20.9 Å². The molecule has 0 atom stereocenters. The molecule has 0 saturated carbocycles. The molecule has 1 saturated heterocycles. The van der Waals surface area contributed by atoms with Crippen LogP contribution in [0.3, 0.4) is 0 Å². The fourth-order valence-electron chi connectivity index (χ4n) is 7.10. The number of carbonyl (C=O) groups is 2. The third kappa shape index (κ3) is 10.1. The zero-order valence-corrected chi connectivity index (χ0v) is 33.3. The molecule has 1 aliphatic heterocycles. The Hall–Kier alpha value is -6.22. The average molecular weight is 849 g/mol. The number of anilines is 4. The fraction of sp³-hybridized carbons (Fsp3) is 0.308. The minimum absolute atomic E-state index is 0.0138. The predicted octanol–water partition coefficient (Wildman–Crippen LogP) is 5.48. The van der Waals surface area contributed by atoms with Crippen molar-refractivity contribution in [2.24, 2.45) is 5.92 Å². The van der Waals surface area contributed by atoms with Crippen LogP contribution in [0.4, 0.5) is 28.4 Å². The number of nitro benzene ring substituents is 1. The highest BCUT2D eigenvalue weighted by Gasteiger charge is 2.35. The standard InChI is InChI=1S/C39H40N6O9S.O3S/c1-24-8-13-30(32(22-24)45(48)49)40-16-4-20-53-21-5-17-41-39(47)25-14-18-44(19-15-25)33-23-31(42-26-9-11-27(12-10-26)55(50,51)52)34-35-36(33)43-54-38(35)29-7-3-2-6-28(29)37(34)46;1-4(2)3/h2-3,6-13,22-23,25,40,42H,4-5,14-21H2,1H3,(H,41,47)(H,50,51,52);. The van der Waals surface area contributed by atoms with E-state index in [-0.39, 0.29) is 28.2 Å². The molecule has 0 radical (unpaired) electrons. The van der Waals surface area contributed by atoms with Crippen molar-refractivity contribution in [1.29, 1.82) is 0 Å². The number of nitro groups is 1. The molecular weight excluding hydrogens is 809 g/mol. The number of rotatable bonds is 15. The van der Waals surface area contributed by atoms with E-state index in [1.807, 2.05) is 31.2 Å². The van der Waals surface area contributed by atoms with Gasteiger partial charge in [-0.15, -0.1) is 12.6 Å². The van der Waals surface area contributed by atoms with E-state index < -0.39 is 25.7 Å². The van der Waals surface area contributed by atoms with Crippen molar-refractivity contribution in [3.63, 3.8) is 0 Å². The van der Waals surface area contributed by atoms with Gasteiger partial charge in [0.05, 0.1) is 32.1 Å². The summed E-state index contributed by atoms with van der Waals surface area (Å²) >= 11 is 0. The van der Waals surface area contributed by atoms with Gasteiger partial charge in [0.25, 0.3) is 15.8 Å². The quantitative estimate of drug-likeness (QED) is 0.0431. The number of carbonyl (C=O) groups excluding carboxylic acids is 2. The summed E-state index contributed by atoms with van der Waals surface area (Å²) in [5.74, 6) is 0.0855. The maximum Gasteiger partial charge on any atom is 0.425 e. The Morgan fingerprint density at radius 1 is 0.983 bits per heavy atom. The smallest absolute Gasteiger partial charge is 0.381 e. The molecule has 1 amide bonds. The lowest BCUT2D eigenvalue weighted by Crippen LogP contribution is -2.41. The van der Waals surface area contributed by atoms with Crippen LogP contribution in [0.2, 0.25) is 0 Å². The Morgan fingerprint density at radius 2 is 1.64 bits per heavy atom. The molecule has 0 spiro atoms. The molecule has 0 unspecified atom stereocenters. The van der Waals surface area contributed by atoms with Gasteiger partial charge in [-0.25, -0.2) is 0 Å². The molecule has 4 aromatic carbocycles. The predicted molar refractivity (Wildman–Crippen MR) is 216 cm³/mol. The molecule has 18 nitrogen and oxygen atoms in total. The molecule has 1 aliphatic carbocycles. The summed E-state index contributed by atoms with van der Waals surface area (Å²) in [4.78, 5) is 39.8. The molecule has 1 fully saturated rings. The number of amides is 1. The van der Waals surface area contributed by atoms with Crippen LogP contribution in [0.15, 0.2) is 82.2 Å². The van der Waals surface area contributed by atoms with Gasteiger partial charge in [-0.05, 0) is 74.6 Å². The van der Waals surface area contributed by atoms with Crippen molar-refractivity contribution in [3.8, 4) is 11.3 Å². The first kappa shape index (κ1) is 42.4. The van der Waals surface area contributed by atoms with E-state index in [1.54, 1.807) is 24.3 Å². The highest BCUT2D eigenvalue weighted by Crippen LogP contribution is 2.47. The number of ether oxygens (including phenoxy) is 1. The highest BCUT2D eigenvalue weighted by atomic mass is 32.2. The van der Waals surface area contributed by atoms with Gasteiger partial charge in [-0.2, -0.15) is 8.42 Å². The summed E-state index contributed by atoms with van der Waals surface area (Å²) in [5, 5.41) is 25.7. The van der Waals surface area contributed by atoms with Gasteiger partial charge in [0.15, 0.2) is 11.5 Å². The number of benzene rings is 4. The molecule has 0 bridgehead atoms. The fourth-order valence-corrected chi connectivity index (χ4v) is 7.58. The van der Waals surface area contributed by atoms with Gasteiger partial charge in [0.1, 0.15) is 11.2 Å². The Labute approximate surface area is 339 Å². The number of nitrogens with zero attached hydrogens (tertiary/aromatic N) is 3. The molecule has 4 N–H and O–H groups in total. The van der Waals surface area contributed by atoms with Crippen molar-refractivity contribution >= 4 is 71.8 Å². The van der Waals surface area contributed by atoms with E-state index in [1.165, 1.54) is 24.3 Å². The topological polar surface area (TPSA) is 257 Å². The molecule has 5 aromatic rings. The molecular formula is C39H40N6O12S2. The highest BCUT2D eigenvalue weighted by molar-refractivity contribution is 7.85. The molecule has 2 aliphatic rings. The van der Waals surface area contributed by atoms with E-state index in [4.69, 9.17) is 21.9 Å². The second kappa shape index (κ2) is 18.6. The lowest BCUT2D eigenvalue weighted by Gasteiger charge is -2.33. The van der Waals surface area contributed by atoms with Crippen LogP contribution >= 0.6 is 0 Å². The largest absolute Gasteiger partial charge is 0.425 e. The number of fused-ring (bicyclic) bond motifs is 2. The summed E-state index contributed by atoms with van der Waals surface area (Å²) in [5.41, 5.74) is 5.13. The Balaban J connectivity index is 0.00000140. The summed E-state index contributed by atoms with van der Waals surface area (Å²) in [6.45, 7) is 4.90. The Kier molecular flexibility index (Phi) is 13.3. The lowest BCUT2D eigenvalue weighted by atomic mass is 9.86. The average Bonchev–Trinajstić information content (AvgIpc) is 3.65. The number of aromatic nitrogens is 1. The number of nitrogens with one attached hydrogen (secondary N) is 3. The maximum atomic E-state index is 14.0. The minimum atomic E-state index is -4.38. The van der Waals surface area contributed by atoms with Gasteiger partial charge >= 0.3 is 10.6 Å². The van der Waals surface area contributed by atoms with Gasteiger partial charge in [-0.1, -0.05) is 35.5 Å². The first-order valence-electron chi connectivity index (χ1n) is 18.5. The molecule has 7 rings (SSSR count). The lowest BCUT2D eigenvalue weighted by molar-refractivity contribution is -0.384. The molecule has 20 heteroatoms. The molecule has 310 valence electrons. The third-order valence-electron chi connectivity index (χ3n) is 9.91. The third-order valence-corrected chi connectivity index (χ3v) is 10.8. The maximum absolute atomic E-state index is 14.0. The Morgan fingerprint density at radius 3 is 2.31 bits per heavy atom. The van der Waals surface area contributed by atoms with Crippen LogP contribution in [-0.2, 0) is 30.3 Å². The van der Waals surface area contributed by atoms with Crippen LogP contribution in [-0.4, -0.2) is 86.8 Å². The number of piperidine rings is 1. The summed E-state index contributed by atoms with van der Waals surface area (Å²) in [7, 11) is -7.49. The zero-order valence-electron chi connectivity index (χ0n) is 31.7. The van der Waals surface area contributed by atoms with Gasteiger partial charge in [-0.3, -0.25) is 24.3 Å². The van der Waals surface area contributed by atoms with Gasteiger partial charge < -0.3 is 30.1 Å². The number of ketones is 1. The van der Waals surface area contributed by atoms with Crippen LogP contribution in [0.25, 0.3) is 22.2 Å². The Bertz CT molecular complexity index is 2600. The summed E-state index contributed by atoms with van der Waals surface area (Å²) in [6.07, 6.45) is 2.52.